The summed E-state index contributed by atoms with van der Waals surface area (Å²) in [7, 11) is 0. The Kier molecular flexibility index (Phi) is 3.63. The summed E-state index contributed by atoms with van der Waals surface area (Å²) in [6, 6.07) is 9.07. The van der Waals surface area contributed by atoms with Gasteiger partial charge in [-0.1, -0.05) is 127 Å². The Hall–Kier alpha value is -6.16. The van der Waals surface area contributed by atoms with Gasteiger partial charge in [-0.3, -0.25) is 0 Å². The first-order chi connectivity index (χ1) is 31.4. The van der Waals surface area contributed by atoms with Crippen LogP contribution in [-0.4, -0.2) is 0 Å². The minimum Gasteiger partial charge on any atom is -0.455 e. The normalized spacial score (nSPS) is 16.5. The maximum absolute atomic E-state index is 9.75. The van der Waals surface area contributed by atoms with E-state index in [1.165, 1.54) is 11.3 Å². The summed E-state index contributed by atoms with van der Waals surface area (Å²) in [5.74, 6) is 0. The highest BCUT2D eigenvalue weighted by atomic mass is 32.1. The molecule has 0 fully saturated rings. The molecule has 0 amide bonds. The number of benzene rings is 8. The van der Waals surface area contributed by atoms with Gasteiger partial charge in [0.25, 0.3) is 0 Å². The van der Waals surface area contributed by atoms with Crippen molar-refractivity contribution in [2.75, 3.05) is 4.90 Å². The molecule has 2 aromatic heterocycles. The Morgan fingerprint density at radius 3 is 2.27 bits per heavy atom. The van der Waals surface area contributed by atoms with Gasteiger partial charge in [-0.25, -0.2) is 0 Å². The van der Waals surface area contributed by atoms with E-state index in [0.717, 1.165) is 20.4 Å². The van der Waals surface area contributed by atoms with Crippen LogP contribution in [0.15, 0.2) is 180 Å². The van der Waals surface area contributed by atoms with Gasteiger partial charge in [-0.15, -0.1) is 11.3 Å². The van der Waals surface area contributed by atoms with Crippen LogP contribution in [0.1, 0.15) is 23.3 Å². The van der Waals surface area contributed by atoms with Crippen LogP contribution >= 0.6 is 11.3 Å². The van der Waals surface area contributed by atoms with Gasteiger partial charge in [0.1, 0.15) is 11.2 Å². The number of hydrogen-bond acceptors (Lipinski definition) is 3. The SMILES string of the molecule is [2H]c1c([2H])c(-c2ccccc2)c([2H])c(N(c2c([2H])c([2H])c(-c3cccc4c3sc3ccccc34)c([2H])c2[2H])c2c([2H])c([2H])c([2H])c3oc4c5c([2H])c([2H])c([2H])c([2H])c5c([2H])c([2H])c4c23)c1[2H]. The molecule has 0 aliphatic carbocycles. The van der Waals surface area contributed by atoms with Gasteiger partial charge in [0, 0.05) is 42.3 Å². The number of fused-ring (bicyclic) bond motifs is 8. The number of hydrogen-bond donors (Lipinski definition) is 0. The third-order valence-corrected chi connectivity index (χ3v) is 9.58. The fraction of sp³-hybridized carbons (Fsp3) is 0. The molecule has 10 aromatic rings. The van der Waals surface area contributed by atoms with Crippen molar-refractivity contribution in [3.63, 3.8) is 0 Å². The van der Waals surface area contributed by atoms with Crippen LogP contribution in [0.5, 0.6) is 0 Å². The molecule has 0 spiro atoms. The average molecular weight is 661 g/mol. The maximum atomic E-state index is 9.75. The monoisotopic (exact) mass is 660 g/mol. The number of nitrogens with zero attached hydrogens (tertiary/aromatic N) is 1. The summed E-state index contributed by atoms with van der Waals surface area (Å²) in [5, 5.41) is 0.182. The number of thiophene rings is 1. The van der Waals surface area contributed by atoms with Crippen molar-refractivity contribution in [3.8, 4) is 22.3 Å². The topological polar surface area (TPSA) is 16.4 Å². The summed E-state index contributed by atoms with van der Waals surface area (Å²) < 4.78 is 164. The highest BCUT2D eigenvalue weighted by Crippen LogP contribution is 2.46. The molecule has 0 radical (unpaired) electrons. The second-order valence-electron chi connectivity index (χ2n) is 11.2. The molecule has 0 atom stereocenters. The molecule has 10 rings (SSSR count). The lowest BCUT2D eigenvalue weighted by Crippen LogP contribution is -2.10. The quantitative estimate of drug-likeness (QED) is 0.183. The second kappa shape index (κ2) is 11.2. The van der Waals surface area contributed by atoms with Crippen LogP contribution in [0.25, 0.3) is 75.1 Å². The summed E-state index contributed by atoms with van der Waals surface area (Å²) in [4.78, 5) is 0.837. The van der Waals surface area contributed by atoms with Crippen molar-refractivity contribution in [1.82, 2.24) is 0 Å². The predicted molar refractivity (Wildman–Crippen MR) is 210 cm³/mol. The lowest BCUT2D eigenvalue weighted by Gasteiger charge is -2.27. The fourth-order valence-electron chi connectivity index (χ4n) is 6.15. The molecule has 0 aliphatic heterocycles. The molecule has 0 saturated carbocycles. The first-order valence-corrected chi connectivity index (χ1v) is 16.0. The fourth-order valence-corrected chi connectivity index (χ4v) is 7.37. The molecular weight excluding hydrogens is 615 g/mol. The van der Waals surface area contributed by atoms with E-state index in [1.54, 1.807) is 42.5 Å². The Morgan fingerprint density at radius 1 is 0.531 bits per heavy atom. The van der Waals surface area contributed by atoms with Crippen LogP contribution in [0, 0.1) is 0 Å². The van der Waals surface area contributed by atoms with E-state index in [1.807, 2.05) is 30.3 Å². The highest BCUT2D eigenvalue weighted by molar-refractivity contribution is 7.26. The van der Waals surface area contributed by atoms with E-state index in [4.69, 9.17) is 16.8 Å². The maximum Gasteiger partial charge on any atom is 0.143 e. The number of furan rings is 1. The summed E-state index contributed by atoms with van der Waals surface area (Å²) in [5.41, 5.74) is -2.52. The molecule has 0 unspecified atom stereocenters. The highest BCUT2D eigenvalue weighted by Gasteiger charge is 2.21. The Labute approximate surface area is 311 Å². The van der Waals surface area contributed by atoms with Crippen LogP contribution < -0.4 is 4.90 Å². The van der Waals surface area contributed by atoms with E-state index in [9.17, 15) is 11.0 Å². The zero-order valence-electron chi connectivity index (χ0n) is 42.2. The molecule has 2 heterocycles. The molecule has 230 valence electrons. The van der Waals surface area contributed by atoms with Gasteiger partial charge >= 0.3 is 0 Å². The first kappa shape index (κ1) is 15.8. The van der Waals surface area contributed by atoms with Crippen molar-refractivity contribution in [3.05, 3.63) is 176 Å². The first-order valence-electron chi connectivity index (χ1n) is 23.7. The molecule has 2 nitrogen and oxygen atoms in total. The Bertz CT molecular complexity index is 3780. The van der Waals surface area contributed by atoms with E-state index in [2.05, 4.69) is 0 Å². The van der Waals surface area contributed by atoms with Crippen LogP contribution in [-0.2, 0) is 0 Å². The minimum absolute atomic E-state index is 0.101. The summed E-state index contributed by atoms with van der Waals surface area (Å²) in [6.07, 6.45) is 0. The zero-order chi connectivity index (χ0) is 47.1. The predicted octanol–water partition coefficient (Wildman–Crippen LogP) is 13.9. The lowest BCUT2D eigenvalue weighted by atomic mass is 10.0. The Balaban J connectivity index is 1.41. The minimum atomic E-state index is -0.853. The third-order valence-electron chi connectivity index (χ3n) is 8.36. The van der Waals surface area contributed by atoms with Crippen LogP contribution in [0.4, 0.5) is 17.1 Å². The molecular formula is C46H29NOS. The van der Waals surface area contributed by atoms with Gasteiger partial charge in [-0.05, 0) is 76.0 Å². The zero-order valence-corrected chi connectivity index (χ0v) is 26.0. The summed E-state index contributed by atoms with van der Waals surface area (Å²) >= 11 is 1.40. The molecule has 0 saturated heterocycles. The van der Waals surface area contributed by atoms with Crippen molar-refractivity contribution >= 4 is 81.3 Å². The van der Waals surface area contributed by atoms with Crippen molar-refractivity contribution in [2.24, 2.45) is 0 Å². The lowest BCUT2D eigenvalue weighted by molar-refractivity contribution is 0.672. The van der Waals surface area contributed by atoms with E-state index < -0.39 is 136 Å². The van der Waals surface area contributed by atoms with Gasteiger partial charge in [-0.2, -0.15) is 0 Å². The molecule has 0 bridgehead atoms. The van der Waals surface area contributed by atoms with Gasteiger partial charge in [0.05, 0.1) is 34.4 Å². The molecule has 0 N–H and O–H groups in total. The van der Waals surface area contributed by atoms with Gasteiger partial charge < -0.3 is 9.32 Å². The van der Waals surface area contributed by atoms with E-state index in [-0.39, 0.29) is 32.8 Å². The van der Waals surface area contributed by atoms with Crippen molar-refractivity contribution in [2.45, 2.75) is 0 Å². The second-order valence-corrected chi connectivity index (χ2v) is 12.2. The van der Waals surface area contributed by atoms with Gasteiger partial charge in [0.2, 0.25) is 0 Å². The molecule has 3 heteroatoms. The molecule has 49 heavy (non-hydrogen) atoms. The largest absolute Gasteiger partial charge is 0.455 e. The van der Waals surface area contributed by atoms with Crippen LogP contribution in [0.2, 0.25) is 0 Å². The Morgan fingerprint density at radius 2 is 1.35 bits per heavy atom. The van der Waals surface area contributed by atoms with Crippen LogP contribution in [0.3, 0.4) is 0 Å². The summed E-state index contributed by atoms with van der Waals surface area (Å²) in [6.45, 7) is 0. The smallest absolute Gasteiger partial charge is 0.143 e. The van der Waals surface area contributed by atoms with E-state index >= 15 is 0 Å². The number of rotatable bonds is 5. The molecule has 8 aromatic carbocycles. The van der Waals surface area contributed by atoms with E-state index in [0.29, 0.717) is 10.3 Å². The van der Waals surface area contributed by atoms with Crippen molar-refractivity contribution in [1.29, 1.82) is 0 Å². The molecule has 0 aliphatic rings. The standard InChI is InChI=1S/C46H29NOS/c1-2-11-30(12-3-1)33-14-8-15-35(29-33)47(41-20-10-21-42-44(41)40-28-25-31-13-4-5-16-36(31)45(40)48-42)34-26-23-32(24-27-34)37-18-9-19-39-38-17-6-7-22-43(38)49-46(37)39/h1-29H/i4D,5D,8D,10D,13D,14D,15D,16D,20D,21D,23D,24D,25D,26D,27D,28D,29D. The van der Waals surface area contributed by atoms with Crippen molar-refractivity contribution < 1.29 is 27.7 Å². The van der Waals surface area contributed by atoms with Gasteiger partial charge in [0.15, 0.2) is 0 Å². The number of anilines is 3. The third kappa shape index (κ3) is 4.55. The average Bonchev–Trinajstić information content (AvgIpc) is 3.90.